The number of carbonyl (C=O) groups is 5. The lowest BCUT2D eigenvalue weighted by Crippen LogP contribution is -2.27. The highest BCUT2D eigenvalue weighted by atomic mass is 16.6. The fraction of sp³-hybridized carbons (Fsp3) is 0.171. The number of anilines is 1. The number of carboxylic acid groups (broad SMARTS) is 1. The molecule has 4 aromatic carbocycles. The Morgan fingerprint density at radius 1 is 0.756 bits per heavy atom. The van der Waals surface area contributed by atoms with Crippen molar-refractivity contribution in [2.24, 2.45) is 0 Å². The van der Waals surface area contributed by atoms with Gasteiger partial charge in [0.1, 0.15) is 29.7 Å². The number of ether oxygens (including phenoxy) is 2. The van der Waals surface area contributed by atoms with Crippen molar-refractivity contribution in [3.63, 3.8) is 0 Å². The highest BCUT2D eigenvalue weighted by Crippen LogP contribution is 2.20. The summed E-state index contributed by atoms with van der Waals surface area (Å²) in [5.41, 5.74) is 2.38. The average Bonchev–Trinajstić information content (AvgIpc) is 2.97. The molecule has 0 fully saturated rings. The lowest BCUT2D eigenvalue weighted by Gasteiger charge is -2.19. The third-order valence-corrected chi connectivity index (χ3v) is 5.27. The maximum Gasteiger partial charge on any atom is 0.412 e. The quantitative estimate of drug-likeness (QED) is 0.113. The van der Waals surface area contributed by atoms with E-state index in [-0.39, 0.29) is 18.7 Å². The first kappa shape index (κ1) is 37.3. The maximum absolute atomic E-state index is 12.1. The first-order chi connectivity index (χ1) is 20.8. The van der Waals surface area contributed by atoms with Gasteiger partial charge < -0.3 is 19.7 Å². The van der Waals surface area contributed by atoms with E-state index in [1.165, 1.54) is 54.6 Å². The van der Waals surface area contributed by atoms with E-state index >= 15 is 0 Å². The van der Waals surface area contributed by atoms with Gasteiger partial charge in [0.2, 0.25) is 0 Å². The fourth-order valence-corrected chi connectivity index (χ4v) is 3.25. The van der Waals surface area contributed by atoms with Gasteiger partial charge in [-0.05, 0) is 81.8 Å². The number of phenolic OH excluding ortho intramolecular Hbond substituents is 1. The van der Waals surface area contributed by atoms with E-state index in [1.807, 2.05) is 19.1 Å². The van der Waals surface area contributed by atoms with E-state index in [0.29, 0.717) is 40.7 Å². The Morgan fingerprint density at radius 2 is 1.29 bits per heavy atom. The van der Waals surface area contributed by atoms with Crippen molar-refractivity contribution in [3.8, 4) is 11.5 Å². The number of carbonyl (C=O) groups excluding carboxylic acids is 4. The molecule has 4 aromatic rings. The molecule has 0 radical (unpaired) electrons. The molecule has 0 aliphatic heterocycles. The summed E-state index contributed by atoms with van der Waals surface area (Å²) in [5.74, 6) is -0.933. The van der Waals surface area contributed by atoms with Gasteiger partial charge in [0, 0.05) is 22.9 Å². The summed E-state index contributed by atoms with van der Waals surface area (Å²) in [6, 6.07) is 25.4. The van der Waals surface area contributed by atoms with Crippen LogP contribution in [0.1, 0.15) is 75.2 Å². The molecule has 0 aromatic heterocycles. The molecule has 0 bridgehead atoms. The minimum atomic E-state index is -0.984. The topological polar surface area (TPSA) is 156 Å². The minimum Gasteiger partial charge on any atom is -0.508 e. The Hall–Kier alpha value is -5.77. The molecular weight excluding hydrogens is 578 g/mol. The number of hydrogen-bond donors (Lipinski definition) is 3. The van der Waals surface area contributed by atoms with Gasteiger partial charge in [0.25, 0.3) is 0 Å². The van der Waals surface area contributed by atoms with Crippen LogP contribution in [0.2, 0.25) is 0 Å². The van der Waals surface area contributed by atoms with Gasteiger partial charge in [-0.3, -0.25) is 14.9 Å². The molecular formula is C35H37NO9. The molecule has 3 N–H and O–H groups in total. The van der Waals surface area contributed by atoms with Crippen molar-refractivity contribution in [2.45, 2.75) is 40.7 Å². The van der Waals surface area contributed by atoms with Crippen LogP contribution >= 0.6 is 0 Å². The second-order valence-electron chi connectivity index (χ2n) is 10.2. The molecule has 236 valence electrons. The summed E-state index contributed by atoms with van der Waals surface area (Å²) in [7, 11) is 0. The smallest absolute Gasteiger partial charge is 0.412 e. The highest BCUT2D eigenvalue weighted by molar-refractivity contribution is 5.92. The summed E-state index contributed by atoms with van der Waals surface area (Å²) in [5, 5.41) is 19.8. The van der Waals surface area contributed by atoms with Crippen LogP contribution in [0.4, 0.5) is 10.5 Å². The van der Waals surface area contributed by atoms with Crippen molar-refractivity contribution < 1.29 is 43.7 Å². The Balaban J connectivity index is 0.000000414. The molecule has 0 spiro atoms. The standard InChI is InChI=1S/C19H19NO5.C8H6O3.C7H8O.CH4/c1-19(2,3)25-18(23)20-15-5-4-6-16(11-15)24-17(22)14-9-7-13(12-21)8-10-14;9-5-6-1-3-7(4-2-6)8(10)11;1-6-3-2-4-7(8)5-6;/h4-12H,1-3H3,(H,20,23);1-5H,(H,10,11);2-5,8H,1H3;1H4. The zero-order chi connectivity index (χ0) is 32.7. The van der Waals surface area contributed by atoms with Crippen LogP contribution in [0.3, 0.4) is 0 Å². The van der Waals surface area contributed by atoms with E-state index in [9.17, 15) is 24.0 Å². The zero-order valence-electron chi connectivity index (χ0n) is 24.6. The summed E-state index contributed by atoms with van der Waals surface area (Å²) < 4.78 is 10.4. The number of esters is 1. The number of aldehydes is 2. The Morgan fingerprint density at radius 3 is 1.73 bits per heavy atom. The summed E-state index contributed by atoms with van der Waals surface area (Å²) in [4.78, 5) is 55.0. The van der Waals surface area contributed by atoms with Crippen molar-refractivity contribution in [3.05, 3.63) is 125 Å². The number of phenols is 1. The molecule has 45 heavy (non-hydrogen) atoms. The number of aromatic carboxylic acids is 1. The second kappa shape index (κ2) is 18.0. The Kier molecular flexibility index (Phi) is 14.9. The van der Waals surface area contributed by atoms with Crippen LogP contribution in [0, 0.1) is 6.92 Å². The van der Waals surface area contributed by atoms with Crippen LogP contribution in [0.25, 0.3) is 0 Å². The predicted octanol–water partition coefficient (Wildman–Crippen LogP) is 7.60. The third kappa shape index (κ3) is 14.3. The molecule has 10 nitrogen and oxygen atoms in total. The molecule has 0 heterocycles. The monoisotopic (exact) mass is 615 g/mol. The van der Waals surface area contributed by atoms with E-state index in [1.54, 1.807) is 51.1 Å². The molecule has 0 aliphatic rings. The highest BCUT2D eigenvalue weighted by Gasteiger charge is 2.16. The van der Waals surface area contributed by atoms with Crippen molar-refractivity contribution >= 4 is 36.3 Å². The number of carboxylic acids is 1. The molecule has 0 atom stereocenters. The SMILES string of the molecule is C.CC(C)(C)OC(=O)Nc1cccc(OC(=O)c2ccc(C=O)cc2)c1.Cc1cccc(O)c1.O=Cc1ccc(C(=O)O)cc1. The number of amides is 1. The van der Waals surface area contributed by atoms with Crippen LogP contribution in [0.5, 0.6) is 11.5 Å². The first-order valence-corrected chi connectivity index (χ1v) is 13.2. The zero-order valence-corrected chi connectivity index (χ0v) is 24.6. The van der Waals surface area contributed by atoms with Gasteiger partial charge in [0.15, 0.2) is 0 Å². The molecule has 0 aliphatic carbocycles. The normalized spacial score (nSPS) is 9.78. The van der Waals surface area contributed by atoms with Crippen LogP contribution < -0.4 is 10.1 Å². The molecule has 1 amide bonds. The number of benzene rings is 4. The van der Waals surface area contributed by atoms with Crippen molar-refractivity contribution in [1.29, 1.82) is 0 Å². The summed E-state index contributed by atoms with van der Waals surface area (Å²) >= 11 is 0. The lowest BCUT2D eigenvalue weighted by atomic mass is 10.1. The van der Waals surface area contributed by atoms with Gasteiger partial charge >= 0.3 is 18.0 Å². The summed E-state index contributed by atoms with van der Waals surface area (Å²) in [6.07, 6.45) is 0.771. The minimum absolute atomic E-state index is 0. The maximum atomic E-state index is 12.1. The molecule has 0 unspecified atom stereocenters. The number of hydrogen-bond acceptors (Lipinski definition) is 8. The molecule has 0 saturated heterocycles. The van der Waals surface area contributed by atoms with Crippen molar-refractivity contribution in [2.75, 3.05) is 5.32 Å². The molecule has 10 heteroatoms. The van der Waals surface area contributed by atoms with Crippen LogP contribution in [-0.4, -0.2) is 46.4 Å². The van der Waals surface area contributed by atoms with Crippen molar-refractivity contribution in [1.82, 2.24) is 0 Å². The summed E-state index contributed by atoms with van der Waals surface area (Å²) in [6.45, 7) is 7.24. The molecule has 4 rings (SSSR count). The average molecular weight is 616 g/mol. The van der Waals surface area contributed by atoms with Gasteiger partial charge in [0.05, 0.1) is 11.1 Å². The number of aryl methyl sites for hydroxylation is 1. The van der Waals surface area contributed by atoms with Crippen LogP contribution in [0.15, 0.2) is 97.1 Å². The Bertz CT molecular complexity index is 1550. The van der Waals surface area contributed by atoms with Gasteiger partial charge in [-0.1, -0.05) is 49.9 Å². The van der Waals surface area contributed by atoms with Gasteiger partial charge in [-0.2, -0.15) is 0 Å². The number of nitrogens with one attached hydrogen (secondary N) is 1. The van der Waals surface area contributed by atoms with E-state index in [0.717, 1.165) is 5.56 Å². The van der Waals surface area contributed by atoms with Crippen LogP contribution in [-0.2, 0) is 4.74 Å². The number of rotatable bonds is 6. The lowest BCUT2D eigenvalue weighted by molar-refractivity contribution is 0.0633. The second-order valence-corrected chi connectivity index (χ2v) is 10.2. The first-order valence-electron chi connectivity index (χ1n) is 13.2. The van der Waals surface area contributed by atoms with Gasteiger partial charge in [-0.15, -0.1) is 0 Å². The van der Waals surface area contributed by atoms with E-state index in [4.69, 9.17) is 19.7 Å². The fourth-order valence-electron chi connectivity index (χ4n) is 3.25. The largest absolute Gasteiger partial charge is 0.508 e. The molecule has 0 saturated carbocycles. The third-order valence-electron chi connectivity index (χ3n) is 5.27. The van der Waals surface area contributed by atoms with Gasteiger partial charge in [-0.25, -0.2) is 14.4 Å². The number of aromatic hydroxyl groups is 1. The predicted molar refractivity (Wildman–Crippen MR) is 171 cm³/mol. The van der Waals surface area contributed by atoms with E-state index in [2.05, 4.69) is 5.32 Å². The van der Waals surface area contributed by atoms with E-state index < -0.39 is 23.6 Å². The Labute approximate surface area is 262 Å².